The molecule has 0 unspecified atom stereocenters. The molecule has 0 saturated heterocycles. The van der Waals surface area contributed by atoms with Crippen LogP contribution < -0.4 is 0 Å². The van der Waals surface area contributed by atoms with Crippen molar-refractivity contribution in [3.8, 4) is 22.3 Å². The van der Waals surface area contributed by atoms with Crippen LogP contribution in [0.2, 0.25) is 0 Å². The molecule has 0 fully saturated rings. The highest BCUT2D eigenvalue weighted by Gasteiger charge is 2.38. The number of halogens is 5. The first kappa shape index (κ1) is 21.5. The molecule has 1 aliphatic rings. The molecule has 1 aliphatic carbocycles. The predicted octanol–water partition coefficient (Wildman–Crippen LogP) is 8.34. The van der Waals surface area contributed by atoms with Gasteiger partial charge in [0.1, 0.15) is 17.2 Å². The summed E-state index contributed by atoms with van der Waals surface area (Å²) < 4.78 is 66.6. The van der Waals surface area contributed by atoms with E-state index in [2.05, 4.69) is 25.1 Å². The predicted molar refractivity (Wildman–Crippen MR) is 113 cm³/mol. The fourth-order valence-electron chi connectivity index (χ4n) is 4.37. The molecule has 0 aliphatic heterocycles. The highest BCUT2D eigenvalue weighted by Crippen LogP contribution is 2.40. The van der Waals surface area contributed by atoms with Gasteiger partial charge in [0.15, 0.2) is 0 Å². The Morgan fingerprint density at radius 2 is 1.39 bits per heavy atom. The maximum Gasteiger partial charge on any atom is 0.422 e. The zero-order valence-electron chi connectivity index (χ0n) is 17.3. The van der Waals surface area contributed by atoms with Crippen molar-refractivity contribution in [1.29, 1.82) is 0 Å². The highest BCUT2D eigenvalue weighted by atomic mass is 19.4. The molecule has 31 heavy (non-hydrogen) atoms. The second-order valence-electron chi connectivity index (χ2n) is 8.16. The van der Waals surface area contributed by atoms with Gasteiger partial charge in [0, 0.05) is 0 Å². The first-order valence-corrected chi connectivity index (χ1v) is 10.6. The van der Waals surface area contributed by atoms with Gasteiger partial charge in [-0.25, -0.2) is 8.78 Å². The van der Waals surface area contributed by atoms with Gasteiger partial charge < -0.3 is 0 Å². The van der Waals surface area contributed by atoms with Crippen molar-refractivity contribution in [1.82, 2.24) is 0 Å². The lowest BCUT2D eigenvalue weighted by molar-refractivity contribution is -0.142. The van der Waals surface area contributed by atoms with Crippen molar-refractivity contribution >= 4 is 0 Å². The van der Waals surface area contributed by atoms with Crippen molar-refractivity contribution in [2.75, 3.05) is 0 Å². The second kappa shape index (κ2) is 8.45. The van der Waals surface area contributed by atoms with E-state index in [1.54, 1.807) is 6.07 Å². The molecule has 0 nitrogen and oxygen atoms in total. The van der Waals surface area contributed by atoms with E-state index in [4.69, 9.17) is 0 Å². The summed E-state index contributed by atoms with van der Waals surface area (Å²) in [5.41, 5.74) is 4.47. The lowest BCUT2D eigenvalue weighted by Crippen LogP contribution is -2.11. The largest absolute Gasteiger partial charge is 0.422 e. The monoisotopic (exact) mass is 430 g/mol. The van der Waals surface area contributed by atoms with Crippen molar-refractivity contribution in [2.24, 2.45) is 0 Å². The normalized spacial score (nSPS) is 12.7. The van der Waals surface area contributed by atoms with Crippen LogP contribution in [0.1, 0.15) is 54.9 Å². The van der Waals surface area contributed by atoms with Gasteiger partial charge in [-0.2, -0.15) is 13.2 Å². The van der Waals surface area contributed by atoms with Crippen molar-refractivity contribution in [3.05, 3.63) is 82.4 Å². The Bertz CT molecular complexity index is 1090. The summed E-state index contributed by atoms with van der Waals surface area (Å²) in [5, 5.41) is 0. The Balaban J connectivity index is 1.59. The van der Waals surface area contributed by atoms with Crippen molar-refractivity contribution in [3.63, 3.8) is 0 Å². The number of hydrogen-bond donors (Lipinski definition) is 0. The first-order valence-electron chi connectivity index (χ1n) is 10.6. The van der Waals surface area contributed by atoms with Crippen LogP contribution in [0.4, 0.5) is 22.0 Å². The van der Waals surface area contributed by atoms with E-state index in [-0.39, 0.29) is 5.56 Å². The molecule has 0 atom stereocenters. The summed E-state index contributed by atoms with van der Waals surface area (Å²) in [4.78, 5) is 0. The summed E-state index contributed by atoms with van der Waals surface area (Å²) in [6, 6.07) is 13.4. The number of fused-ring (bicyclic) bond motifs is 3. The summed E-state index contributed by atoms with van der Waals surface area (Å²) in [5.74, 6) is -3.20. The van der Waals surface area contributed by atoms with E-state index in [0.717, 1.165) is 41.7 Å². The van der Waals surface area contributed by atoms with E-state index >= 15 is 0 Å². The molecule has 5 heteroatoms. The van der Waals surface area contributed by atoms with Crippen LogP contribution in [0.5, 0.6) is 0 Å². The van der Waals surface area contributed by atoms with Gasteiger partial charge in [0.05, 0.1) is 0 Å². The van der Waals surface area contributed by atoms with Crippen LogP contribution in [-0.2, 0) is 19.0 Å². The van der Waals surface area contributed by atoms with Crippen LogP contribution in [0.15, 0.2) is 48.5 Å². The lowest BCUT2D eigenvalue weighted by atomic mass is 9.97. The molecule has 0 radical (unpaired) electrons. The maximum absolute atomic E-state index is 14.0. The average molecular weight is 430 g/mol. The van der Waals surface area contributed by atoms with Crippen LogP contribution >= 0.6 is 0 Å². The van der Waals surface area contributed by atoms with Crippen molar-refractivity contribution in [2.45, 2.75) is 51.6 Å². The van der Waals surface area contributed by atoms with Gasteiger partial charge in [-0.05, 0) is 70.3 Å². The van der Waals surface area contributed by atoms with Gasteiger partial charge in [-0.15, -0.1) is 0 Å². The van der Waals surface area contributed by atoms with Crippen molar-refractivity contribution < 1.29 is 22.0 Å². The number of hydrogen-bond acceptors (Lipinski definition) is 0. The van der Waals surface area contributed by atoms with Gasteiger partial charge in [0.2, 0.25) is 0 Å². The molecule has 3 aromatic rings. The highest BCUT2D eigenvalue weighted by molar-refractivity contribution is 5.80. The van der Waals surface area contributed by atoms with Crippen LogP contribution in [0.3, 0.4) is 0 Å². The molecule has 4 rings (SSSR count). The Morgan fingerprint density at radius 1 is 0.742 bits per heavy atom. The standard InChI is InChI=1S/C26H23F5/c1-2-3-4-5-6-16-7-9-21-19(11-16)13-20-12-17(8-10-22(20)21)18-14-23(27)25(24(28)15-18)26(29,30)31/h7-12,14-15H,2-6,13H2,1H3. The molecule has 0 N–H and O–H groups in total. The minimum Gasteiger partial charge on any atom is -0.206 e. The third-order valence-corrected chi connectivity index (χ3v) is 5.92. The third kappa shape index (κ3) is 4.36. The molecular formula is C26H23F5. The fraction of sp³-hybridized carbons (Fsp3) is 0.308. The third-order valence-electron chi connectivity index (χ3n) is 5.92. The topological polar surface area (TPSA) is 0 Å². The maximum atomic E-state index is 14.0. The number of benzene rings is 3. The molecule has 0 heterocycles. The zero-order chi connectivity index (χ0) is 22.2. The Hall–Kier alpha value is -2.69. The Labute approximate surface area is 178 Å². The van der Waals surface area contributed by atoms with Crippen LogP contribution in [0, 0.1) is 11.6 Å². The van der Waals surface area contributed by atoms with E-state index in [9.17, 15) is 22.0 Å². The quantitative estimate of drug-likeness (QED) is 0.213. The van der Waals surface area contributed by atoms with Crippen LogP contribution in [-0.4, -0.2) is 0 Å². The number of aryl methyl sites for hydroxylation is 1. The minimum atomic E-state index is -5.07. The molecule has 0 saturated carbocycles. The van der Waals surface area contributed by atoms with Gasteiger partial charge in [-0.1, -0.05) is 62.6 Å². The smallest absolute Gasteiger partial charge is 0.206 e. The lowest BCUT2D eigenvalue weighted by Gasteiger charge is -2.12. The number of unbranched alkanes of at least 4 members (excludes halogenated alkanes) is 3. The van der Waals surface area contributed by atoms with E-state index in [1.165, 1.54) is 30.4 Å². The molecule has 0 spiro atoms. The molecule has 162 valence electrons. The first-order chi connectivity index (χ1) is 14.8. The minimum absolute atomic E-state index is 0.0957. The van der Waals surface area contributed by atoms with Gasteiger partial charge >= 0.3 is 6.18 Å². The zero-order valence-corrected chi connectivity index (χ0v) is 17.3. The molecular weight excluding hydrogens is 407 g/mol. The summed E-state index contributed by atoms with van der Waals surface area (Å²) >= 11 is 0. The molecule has 0 bridgehead atoms. The second-order valence-corrected chi connectivity index (χ2v) is 8.16. The van der Waals surface area contributed by atoms with Gasteiger partial charge in [-0.3, -0.25) is 0 Å². The van der Waals surface area contributed by atoms with Gasteiger partial charge in [0.25, 0.3) is 0 Å². The van der Waals surface area contributed by atoms with E-state index in [0.29, 0.717) is 12.0 Å². The SMILES string of the molecule is CCCCCCc1ccc2c(c1)Cc1cc(-c3cc(F)c(C(F)(F)F)c(F)c3)ccc1-2. The van der Waals surface area contributed by atoms with E-state index < -0.39 is 23.4 Å². The Kier molecular flexibility index (Phi) is 5.87. The number of alkyl halides is 3. The summed E-state index contributed by atoms with van der Waals surface area (Å²) in [7, 11) is 0. The molecule has 0 aromatic heterocycles. The fourth-order valence-corrected chi connectivity index (χ4v) is 4.37. The van der Waals surface area contributed by atoms with E-state index in [1.807, 2.05) is 12.1 Å². The molecule has 0 amide bonds. The summed E-state index contributed by atoms with van der Waals surface area (Å²) in [6.07, 6.45) is 1.50. The average Bonchev–Trinajstić information content (AvgIpc) is 3.06. The Morgan fingerprint density at radius 3 is 2.03 bits per heavy atom. The summed E-state index contributed by atoms with van der Waals surface area (Å²) in [6.45, 7) is 2.19. The van der Waals surface area contributed by atoms with Crippen LogP contribution in [0.25, 0.3) is 22.3 Å². The number of rotatable bonds is 6. The molecule has 3 aromatic carbocycles.